The molecule has 0 aliphatic rings. The monoisotopic (exact) mass is 335 g/mol. The van der Waals surface area contributed by atoms with Crippen LogP contribution in [0.15, 0.2) is 28.7 Å². The van der Waals surface area contributed by atoms with E-state index in [2.05, 4.69) is 20.7 Å². The summed E-state index contributed by atoms with van der Waals surface area (Å²) in [6, 6.07) is 7.29. The van der Waals surface area contributed by atoms with Crippen molar-refractivity contribution in [1.29, 1.82) is 0 Å². The Hall–Kier alpha value is -0.430. The Kier molecular flexibility index (Phi) is 5.78. The molecule has 0 radical (unpaired) electrons. The molecule has 0 heterocycles. The number of methoxy groups -OCH3 is 1. The van der Waals surface area contributed by atoms with Crippen LogP contribution in [-0.2, 0) is 14.8 Å². The molecule has 1 aromatic rings. The van der Waals surface area contributed by atoms with Crippen molar-refractivity contribution in [3.63, 3.8) is 0 Å². The lowest BCUT2D eigenvalue weighted by atomic mass is 10.1. The van der Waals surface area contributed by atoms with Gasteiger partial charge in [-0.1, -0.05) is 28.1 Å². The largest absolute Gasteiger partial charge is 0.381 e. The molecule has 1 aromatic carbocycles. The third kappa shape index (κ3) is 5.06. The van der Waals surface area contributed by atoms with Gasteiger partial charge in [-0.3, -0.25) is 0 Å². The summed E-state index contributed by atoms with van der Waals surface area (Å²) in [5, 5.41) is 0. The smallest absolute Gasteiger partial charge is 0.214 e. The lowest BCUT2D eigenvalue weighted by molar-refractivity contribution is 0.136. The van der Waals surface area contributed by atoms with Crippen LogP contribution in [-0.4, -0.2) is 27.4 Å². The van der Waals surface area contributed by atoms with Gasteiger partial charge in [0.1, 0.15) is 0 Å². The molecule has 0 bridgehead atoms. The minimum atomic E-state index is -3.34. The van der Waals surface area contributed by atoms with Gasteiger partial charge in [-0.25, -0.2) is 13.1 Å². The van der Waals surface area contributed by atoms with Gasteiger partial charge in [-0.2, -0.15) is 0 Å². The maximum atomic E-state index is 11.9. The van der Waals surface area contributed by atoms with Crippen LogP contribution in [0.1, 0.15) is 25.5 Å². The molecule has 0 saturated carbocycles. The summed E-state index contributed by atoms with van der Waals surface area (Å²) in [6.45, 7) is 3.54. The van der Waals surface area contributed by atoms with Crippen molar-refractivity contribution >= 4 is 26.0 Å². The number of benzene rings is 1. The van der Waals surface area contributed by atoms with Crippen LogP contribution < -0.4 is 4.72 Å². The van der Waals surface area contributed by atoms with Gasteiger partial charge in [-0.15, -0.1) is 0 Å². The normalized spacial score (nSPS) is 15.3. The fraction of sp³-hybridized carbons (Fsp3) is 0.500. The average Bonchev–Trinajstić information content (AvgIpc) is 2.27. The molecule has 0 saturated heterocycles. The minimum Gasteiger partial charge on any atom is -0.381 e. The predicted molar refractivity (Wildman–Crippen MR) is 76.0 cm³/mol. The highest BCUT2D eigenvalue weighted by Crippen LogP contribution is 2.18. The molecule has 102 valence electrons. The topological polar surface area (TPSA) is 55.4 Å². The third-order valence-corrected chi connectivity index (χ3v) is 4.68. The molecule has 18 heavy (non-hydrogen) atoms. The lowest BCUT2D eigenvalue weighted by Gasteiger charge is -2.16. The zero-order valence-corrected chi connectivity index (χ0v) is 13.1. The number of halogens is 1. The molecule has 0 amide bonds. The van der Waals surface area contributed by atoms with Crippen molar-refractivity contribution in [2.75, 3.05) is 12.9 Å². The summed E-state index contributed by atoms with van der Waals surface area (Å²) in [4.78, 5) is 0. The molecular weight excluding hydrogens is 318 g/mol. The van der Waals surface area contributed by atoms with Gasteiger partial charge < -0.3 is 4.74 Å². The summed E-state index contributed by atoms with van der Waals surface area (Å²) in [7, 11) is -1.85. The van der Waals surface area contributed by atoms with Crippen molar-refractivity contribution in [1.82, 2.24) is 4.72 Å². The van der Waals surface area contributed by atoms with Crippen LogP contribution in [0.2, 0.25) is 0 Å². The molecule has 0 spiro atoms. The number of sulfonamides is 1. The van der Waals surface area contributed by atoms with E-state index in [4.69, 9.17) is 4.74 Å². The van der Waals surface area contributed by atoms with Crippen molar-refractivity contribution in [2.24, 2.45) is 0 Å². The van der Waals surface area contributed by atoms with E-state index in [1.54, 1.807) is 6.92 Å². The molecule has 0 aliphatic heterocycles. The molecule has 0 aromatic heterocycles. The molecule has 2 unspecified atom stereocenters. The van der Waals surface area contributed by atoms with E-state index in [0.717, 1.165) is 10.0 Å². The predicted octanol–water partition coefficient (Wildman–Crippen LogP) is 2.46. The number of nitrogens with one attached hydrogen (secondary N) is 1. The molecule has 0 aliphatic carbocycles. The molecule has 6 heteroatoms. The summed E-state index contributed by atoms with van der Waals surface area (Å²) in [5.41, 5.74) is 0.915. The van der Waals surface area contributed by atoms with Crippen molar-refractivity contribution in [2.45, 2.75) is 26.0 Å². The van der Waals surface area contributed by atoms with E-state index < -0.39 is 10.0 Å². The minimum absolute atomic E-state index is 0.0398. The van der Waals surface area contributed by atoms with Crippen LogP contribution in [0.3, 0.4) is 0 Å². The van der Waals surface area contributed by atoms with Gasteiger partial charge in [0, 0.05) is 17.6 Å². The molecule has 4 nitrogen and oxygen atoms in total. The van der Waals surface area contributed by atoms with Gasteiger partial charge in [0.2, 0.25) is 10.0 Å². The first-order valence-corrected chi connectivity index (χ1v) is 8.07. The van der Waals surface area contributed by atoms with E-state index in [1.165, 1.54) is 7.11 Å². The summed E-state index contributed by atoms with van der Waals surface area (Å²) in [6.07, 6.45) is -0.322. The first-order valence-electron chi connectivity index (χ1n) is 5.62. The Morgan fingerprint density at radius 2 is 2.06 bits per heavy atom. The number of hydrogen-bond acceptors (Lipinski definition) is 3. The van der Waals surface area contributed by atoms with Gasteiger partial charge in [0.05, 0.1) is 11.9 Å². The van der Waals surface area contributed by atoms with Crippen LogP contribution >= 0.6 is 15.9 Å². The van der Waals surface area contributed by atoms with Crippen molar-refractivity contribution < 1.29 is 13.2 Å². The van der Waals surface area contributed by atoms with Gasteiger partial charge in [0.25, 0.3) is 0 Å². The average molecular weight is 336 g/mol. The molecular formula is C12H18BrNO3S. The Bertz CT molecular complexity index is 490. The van der Waals surface area contributed by atoms with Crippen LogP contribution in [0.25, 0.3) is 0 Å². The van der Waals surface area contributed by atoms with Crippen molar-refractivity contribution in [3.05, 3.63) is 34.3 Å². The first kappa shape index (κ1) is 15.6. The summed E-state index contributed by atoms with van der Waals surface area (Å²) in [5.74, 6) is -0.0398. The maximum Gasteiger partial charge on any atom is 0.214 e. The van der Waals surface area contributed by atoms with E-state index in [0.29, 0.717) is 0 Å². The van der Waals surface area contributed by atoms with Gasteiger partial charge in [-0.05, 0) is 31.5 Å². The highest BCUT2D eigenvalue weighted by atomic mass is 79.9. The first-order chi connectivity index (χ1) is 8.34. The van der Waals surface area contributed by atoms with Gasteiger partial charge in [0.15, 0.2) is 0 Å². The SMILES string of the molecule is COC(C)CS(=O)(=O)NC(C)c1cccc(Br)c1. The van der Waals surface area contributed by atoms with E-state index in [-0.39, 0.29) is 17.9 Å². The standard InChI is InChI=1S/C12H18BrNO3S/c1-9(17-3)8-18(15,16)14-10(2)11-5-4-6-12(13)7-11/h4-7,9-10,14H,8H2,1-3H3. The Labute approximate surface area is 117 Å². The molecule has 1 rings (SSSR count). The van der Waals surface area contributed by atoms with E-state index in [1.807, 2.05) is 31.2 Å². The van der Waals surface area contributed by atoms with Crippen LogP contribution in [0, 0.1) is 0 Å². The van der Waals surface area contributed by atoms with E-state index >= 15 is 0 Å². The fourth-order valence-corrected chi connectivity index (χ4v) is 3.48. The van der Waals surface area contributed by atoms with E-state index in [9.17, 15) is 8.42 Å². The number of ether oxygens (including phenoxy) is 1. The quantitative estimate of drug-likeness (QED) is 0.868. The zero-order chi connectivity index (χ0) is 13.8. The fourth-order valence-electron chi connectivity index (χ4n) is 1.54. The number of rotatable bonds is 6. The highest BCUT2D eigenvalue weighted by molar-refractivity contribution is 9.10. The summed E-state index contributed by atoms with van der Waals surface area (Å²) < 4.78 is 32.3. The third-order valence-electron chi connectivity index (χ3n) is 2.56. The second kappa shape index (κ2) is 6.65. The van der Waals surface area contributed by atoms with Crippen LogP contribution in [0.5, 0.6) is 0 Å². The second-order valence-corrected chi connectivity index (χ2v) is 6.94. The van der Waals surface area contributed by atoms with Gasteiger partial charge >= 0.3 is 0 Å². The molecule has 1 N–H and O–H groups in total. The Morgan fingerprint density at radius 1 is 1.39 bits per heavy atom. The summed E-state index contributed by atoms with van der Waals surface area (Å²) >= 11 is 3.36. The zero-order valence-electron chi connectivity index (χ0n) is 10.7. The Balaban J connectivity index is 2.72. The lowest BCUT2D eigenvalue weighted by Crippen LogP contribution is -2.33. The molecule has 0 fully saturated rings. The number of hydrogen-bond donors (Lipinski definition) is 1. The molecule has 2 atom stereocenters. The maximum absolute atomic E-state index is 11.9. The second-order valence-electron chi connectivity index (χ2n) is 4.22. The van der Waals surface area contributed by atoms with Crippen LogP contribution in [0.4, 0.5) is 0 Å². The Morgan fingerprint density at radius 3 is 2.61 bits per heavy atom. The highest BCUT2D eigenvalue weighted by Gasteiger charge is 2.18. The van der Waals surface area contributed by atoms with Crippen molar-refractivity contribution in [3.8, 4) is 0 Å².